The molecule has 0 aliphatic heterocycles. The van der Waals surface area contributed by atoms with Crippen LogP contribution >= 0.6 is 27.5 Å². The largest absolute Gasteiger partial charge is 0.495 e. The monoisotopic (exact) mass is 285 g/mol. The van der Waals surface area contributed by atoms with Gasteiger partial charge >= 0.3 is 0 Å². The van der Waals surface area contributed by atoms with E-state index in [9.17, 15) is 8.78 Å². The Bertz CT molecular complexity index is 335. The fourth-order valence-electron chi connectivity index (χ4n) is 0.988. The van der Waals surface area contributed by atoms with Gasteiger partial charge in [0.1, 0.15) is 11.4 Å². The van der Waals surface area contributed by atoms with E-state index in [4.69, 9.17) is 16.3 Å². The fraction of sp³-hybridized carbons (Fsp3) is 0.375. The van der Waals surface area contributed by atoms with Gasteiger partial charge in [0.05, 0.1) is 17.5 Å². The Labute approximate surface area is 93.4 Å². The van der Waals surface area contributed by atoms with E-state index in [1.807, 2.05) is 0 Å². The second kappa shape index (κ2) is 4.89. The van der Waals surface area contributed by atoms with Crippen LogP contribution in [-0.4, -0.2) is 12.1 Å². The van der Waals surface area contributed by atoms with Crippen LogP contribution in [0, 0.1) is 0 Å². The van der Waals surface area contributed by atoms with Crippen LogP contribution in [0.25, 0.3) is 0 Å². The summed E-state index contributed by atoms with van der Waals surface area (Å²) in [5, 5.41) is 0. The standard InChI is InChI=1S/C8H7BrClF2NO/c1-14-7-4(2-10)3-13-6(5(7)9)8(11)12/h3,8H,2H2,1H3. The third-order valence-corrected chi connectivity index (χ3v) is 2.68. The Morgan fingerprint density at radius 1 is 1.64 bits per heavy atom. The Balaban J connectivity index is 3.27. The molecule has 1 aromatic heterocycles. The minimum absolute atomic E-state index is 0.160. The molecule has 0 aliphatic carbocycles. The molecule has 1 heterocycles. The van der Waals surface area contributed by atoms with Crippen molar-refractivity contribution in [3.05, 3.63) is 21.9 Å². The minimum atomic E-state index is -2.64. The van der Waals surface area contributed by atoms with Gasteiger partial charge in [-0.05, 0) is 15.9 Å². The smallest absolute Gasteiger partial charge is 0.281 e. The first-order valence-electron chi connectivity index (χ1n) is 3.67. The van der Waals surface area contributed by atoms with Gasteiger partial charge in [-0.3, -0.25) is 4.98 Å². The van der Waals surface area contributed by atoms with Crippen molar-refractivity contribution in [2.24, 2.45) is 0 Å². The highest BCUT2D eigenvalue weighted by atomic mass is 79.9. The fourth-order valence-corrected chi connectivity index (χ4v) is 1.87. The van der Waals surface area contributed by atoms with Crippen LogP contribution in [0.4, 0.5) is 8.78 Å². The minimum Gasteiger partial charge on any atom is -0.495 e. The van der Waals surface area contributed by atoms with E-state index in [2.05, 4.69) is 20.9 Å². The lowest BCUT2D eigenvalue weighted by atomic mass is 10.2. The first-order valence-corrected chi connectivity index (χ1v) is 5.00. The lowest BCUT2D eigenvalue weighted by molar-refractivity contribution is 0.144. The number of rotatable bonds is 3. The first-order chi connectivity index (χ1) is 6.61. The number of hydrogen-bond donors (Lipinski definition) is 0. The lowest BCUT2D eigenvalue weighted by Gasteiger charge is -2.10. The number of ether oxygens (including phenoxy) is 1. The summed E-state index contributed by atoms with van der Waals surface area (Å²) in [4.78, 5) is 3.60. The molecule has 78 valence electrons. The normalized spacial score (nSPS) is 10.7. The van der Waals surface area contributed by atoms with Gasteiger partial charge in [0.15, 0.2) is 0 Å². The predicted molar refractivity (Wildman–Crippen MR) is 53.0 cm³/mol. The number of aromatic nitrogens is 1. The zero-order valence-electron chi connectivity index (χ0n) is 7.23. The number of hydrogen-bond acceptors (Lipinski definition) is 2. The lowest BCUT2D eigenvalue weighted by Crippen LogP contribution is -1.99. The summed E-state index contributed by atoms with van der Waals surface area (Å²) in [6, 6.07) is 0. The molecule has 0 aromatic carbocycles. The topological polar surface area (TPSA) is 22.1 Å². The van der Waals surface area contributed by atoms with Gasteiger partial charge in [0.2, 0.25) is 0 Å². The highest BCUT2D eigenvalue weighted by Crippen LogP contribution is 2.35. The first kappa shape index (κ1) is 11.7. The zero-order chi connectivity index (χ0) is 10.7. The SMILES string of the molecule is COc1c(CCl)cnc(C(F)F)c1Br. The molecule has 1 rings (SSSR count). The summed E-state index contributed by atoms with van der Waals surface area (Å²) in [5.41, 5.74) is 0.237. The van der Waals surface area contributed by atoms with Crippen molar-refractivity contribution < 1.29 is 13.5 Å². The molecule has 0 saturated heterocycles. The van der Waals surface area contributed by atoms with E-state index in [1.54, 1.807) is 0 Å². The summed E-state index contributed by atoms with van der Waals surface area (Å²) in [6.07, 6.45) is -1.35. The molecule has 6 heteroatoms. The molecule has 0 bridgehead atoms. The summed E-state index contributed by atoms with van der Waals surface area (Å²) < 4.78 is 29.9. The van der Waals surface area contributed by atoms with Crippen LogP contribution < -0.4 is 4.74 Å². The van der Waals surface area contributed by atoms with E-state index >= 15 is 0 Å². The van der Waals surface area contributed by atoms with Crippen molar-refractivity contribution in [2.75, 3.05) is 7.11 Å². The number of nitrogens with zero attached hydrogens (tertiary/aromatic N) is 1. The zero-order valence-corrected chi connectivity index (χ0v) is 9.57. The molecule has 0 N–H and O–H groups in total. The van der Waals surface area contributed by atoms with Crippen LogP contribution in [0.15, 0.2) is 10.7 Å². The van der Waals surface area contributed by atoms with Crippen molar-refractivity contribution in [3.63, 3.8) is 0 Å². The second-order valence-corrected chi connectivity index (χ2v) is 3.51. The molecule has 0 aliphatic rings. The average Bonchev–Trinajstić information content (AvgIpc) is 2.16. The van der Waals surface area contributed by atoms with Crippen molar-refractivity contribution in [1.29, 1.82) is 0 Å². The van der Waals surface area contributed by atoms with Gasteiger partial charge in [-0.25, -0.2) is 8.78 Å². The van der Waals surface area contributed by atoms with E-state index in [-0.39, 0.29) is 16.0 Å². The van der Waals surface area contributed by atoms with Crippen molar-refractivity contribution >= 4 is 27.5 Å². The van der Waals surface area contributed by atoms with Crippen LogP contribution in [0.1, 0.15) is 17.7 Å². The Morgan fingerprint density at radius 2 is 2.29 bits per heavy atom. The van der Waals surface area contributed by atoms with E-state index in [1.165, 1.54) is 13.3 Å². The molecule has 0 atom stereocenters. The van der Waals surface area contributed by atoms with E-state index in [0.29, 0.717) is 11.3 Å². The number of pyridine rings is 1. The summed E-state index contributed by atoms with van der Waals surface area (Å²) in [6.45, 7) is 0. The highest BCUT2D eigenvalue weighted by molar-refractivity contribution is 9.10. The number of methoxy groups -OCH3 is 1. The molecule has 0 spiro atoms. The van der Waals surface area contributed by atoms with Crippen molar-refractivity contribution in [3.8, 4) is 5.75 Å². The molecule has 0 radical (unpaired) electrons. The van der Waals surface area contributed by atoms with Gasteiger partial charge in [0, 0.05) is 11.8 Å². The quantitative estimate of drug-likeness (QED) is 0.793. The van der Waals surface area contributed by atoms with Gasteiger partial charge < -0.3 is 4.74 Å². The van der Waals surface area contributed by atoms with Crippen LogP contribution in [0.2, 0.25) is 0 Å². The molecular formula is C8H7BrClF2NO. The Hall–Kier alpha value is -0.420. The molecule has 0 fully saturated rings. The summed E-state index contributed by atoms with van der Waals surface area (Å²) in [5.74, 6) is 0.475. The molecule has 2 nitrogen and oxygen atoms in total. The Morgan fingerprint density at radius 3 is 2.71 bits per heavy atom. The maximum atomic E-state index is 12.4. The third kappa shape index (κ3) is 2.15. The van der Waals surface area contributed by atoms with E-state index in [0.717, 1.165) is 0 Å². The van der Waals surface area contributed by atoms with Crippen molar-refractivity contribution in [1.82, 2.24) is 4.98 Å². The molecular weight excluding hydrogens is 279 g/mol. The van der Waals surface area contributed by atoms with Gasteiger partial charge in [-0.2, -0.15) is 0 Å². The maximum absolute atomic E-state index is 12.4. The predicted octanol–water partition coefficient (Wildman–Crippen LogP) is 3.53. The second-order valence-electron chi connectivity index (χ2n) is 2.45. The molecule has 1 aromatic rings. The van der Waals surface area contributed by atoms with Gasteiger partial charge in [-0.15, -0.1) is 11.6 Å². The van der Waals surface area contributed by atoms with Gasteiger partial charge in [0.25, 0.3) is 6.43 Å². The van der Waals surface area contributed by atoms with Crippen LogP contribution in [-0.2, 0) is 5.88 Å². The van der Waals surface area contributed by atoms with E-state index < -0.39 is 6.43 Å². The van der Waals surface area contributed by atoms with Crippen molar-refractivity contribution in [2.45, 2.75) is 12.3 Å². The maximum Gasteiger partial charge on any atom is 0.281 e. The number of alkyl halides is 3. The van der Waals surface area contributed by atoms with Crippen LogP contribution in [0.3, 0.4) is 0 Å². The molecule has 0 amide bonds. The number of halogens is 4. The summed E-state index contributed by atoms with van der Waals surface area (Å²) in [7, 11) is 1.39. The average molecular weight is 287 g/mol. The highest BCUT2D eigenvalue weighted by Gasteiger charge is 2.19. The Kier molecular flexibility index (Phi) is 4.07. The third-order valence-electron chi connectivity index (χ3n) is 1.63. The van der Waals surface area contributed by atoms with Gasteiger partial charge in [-0.1, -0.05) is 0 Å². The summed E-state index contributed by atoms with van der Waals surface area (Å²) >= 11 is 8.59. The van der Waals surface area contributed by atoms with Crippen LogP contribution in [0.5, 0.6) is 5.75 Å². The molecule has 14 heavy (non-hydrogen) atoms. The molecule has 0 unspecified atom stereocenters. The molecule has 0 saturated carbocycles.